The van der Waals surface area contributed by atoms with E-state index in [2.05, 4.69) is 32.9 Å². The van der Waals surface area contributed by atoms with Gasteiger partial charge in [-0.15, -0.1) is 35.3 Å². The lowest BCUT2D eigenvalue weighted by atomic mass is 10.2. The molecule has 0 saturated carbocycles. The van der Waals surface area contributed by atoms with Gasteiger partial charge in [0.05, 0.1) is 24.4 Å². The summed E-state index contributed by atoms with van der Waals surface area (Å²) in [6.07, 6.45) is 0.897. The molecule has 2 rings (SSSR count). The maximum Gasteiger partial charge on any atom is 0.191 e. The van der Waals surface area contributed by atoms with Gasteiger partial charge in [-0.3, -0.25) is 0 Å². The fourth-order valence-electron chi connectivity index (χ4n) is 2.11. The molecule has 132 valence electrons. The quantitative estimate of drug-likeness (QED) is 0.378. The van der Waals surface area contributed by atoms with Gasteiger partial charge in [0.15, 0.2) is 5.96 Å². The number of nitrogens with zero attached hydrogens (tertiary/aromatic N) is 2. The van der Waals surface area contributed by atoms with Crippen molar-refractivity contribution in [3.05, 3.63) is 45.9 Å². The number of ether oxygens (including phenoxy) is 1. The predicted molar refractivity (Wildman–Crippen MR) is 112 cm³/mol. The highest BCUT2D eigenvalue weighted by atomic mass is 127. The Labute approximate surface area is 165 Å². The molecule has 0 aliphatic rings. The van der Waals surface area contributed by atoms with Gasteiger partial charge in [0.1, 0.15) is 5.75 Å². The normalized spacial score (nSPS) is 10.9. The Kier molecular flexibility index (Phi) is 9.70. The van der Waals surface area contributed by atoms with Crippen LogP contribution < -0.4 is 15.4 Å². The number of hydrogen-bond acceptors (Lipinski definition) is 4. The van der Waals surface area contributed by atoms with Crippen molar-refractivity contribution in [2.75, 3.05) is 20.2 Å². The van der Waals surface area contributed by atoms with Gasteiger partial charge in [0.25, 0.3) is 0 Å². The number of rotatable bonds is 7. The molecule has 2 aromatic rings. The zero-order valence-corrected chi connectivity index (χ0v) is 17.5. The van der Waals surface area contributed by atoms with Crippen LogP contribution in [0.2, 0.25) is 0 Å². The van der Waals surface area contributed by atoms with Crippen LogP contribution in [-0.4, -0.2) is 31.1 Å². The summed E-state index contributed by atoms with van der Waals surface area (Å²) in [6, 6.07) is 7.97. The van der Waals surface area contributed by atoms with Crippen molar-refractivity contribution in [1.29, 1.82) is 0 Å². The first kappa shape index (κ1) is 20.7. The van der Waals surface area contributed by atoms with E-state index < -0.39 is 0 Å². The lowest BCUT2D eigenvalue weighted by molar-refractivity contribution is 0.414. The molecule has 1 heterocycles. The van der Waals surface area contributed by atoms with Gasteiger partial charge in [-0.2, -0.15) is 0 Å². The summed E-state index contributed by atoms with van der Waals surface area (Å²) in [7, 11) is 1.67. The predicted octanol–water partition coefficient (Wildman–Crippen LogP) is 3.38. The molecular weight excluding hydrogens is 435 g/mol. The van der Waals surface area contributed by atoms with E-state index >= 15 is 0 Å². The number of aromatic nitrogens is 1. The third-order valence-corrected chi connectivity index (χ3v) is 4.06. The van der Waals surface area contributed by atoms with Gasteiger partial charge in [0, 0.05) is 24.9 Å². The maximum absolute atomic E-state index is 5.24. The minimum Gasteiger partial charge on any atom is -0.497 e. The van der Waals surface area contributed by atoms with Crippen molar-refractivity contribution in [1.82, 2.24) is 15.6 Å². The molecule has 0 amide bonds. The first-order chi connectivity index (χ1) is 11.2. The second kappa shape index (κ2) is 11.2. The monoisotopic (exact) mass is 460 g/mol. The highest BCUT2D eigenvalue weighted by Gasteiger charge is 2.01. The number of methoxy groups -OCH3 is 1. The largest absolute Gasteiger partial charge is 0.497 e. The van der Waals surface area contributed by atoms with Crippen LogP contribution in [0, 0.1) is 6.92 Å². The Balaban J connectivity index is 0.00000288. The van der Waals surface area contributed by atoms with Crippen molar-refractivity contribution >= 4 is 41.3 Å². The van der Waals surface area contributed by atoms with Crippen molar-refractivity contribution in [3.8, 4) is 5.75 Å². The van der Waals surface area contributed by atoms with Crippen LogP contribution in [0.5, 0.6) is 5.75 Å². The summed E-state index contributed by atoms with van der Waals surface area (Å²) in [5.41, 5.74) is 2.25. The van der Waals surface area contributed by atoms with E-state index in [1.165, 1.54) is 0 Å². The Hall–Kier alpha value is -1.35. The summed E-state index contributed by atoms with van der Waals surface area (Å²) in [5.74, 6) is 1.68. The molecular formula is C17H25IN4OS. The second-order valence-corrected chi connectivity index (χ2v) is 6.14. The minimum absolute atomic E-state index is 0. The smallest absolute Gasteiger partial charge is 0.191 e. The second-order valence-electron chi connectivity index (χ2n) is 5.08. The molecule has 0 saturated heterocycles. The van der Waals surface area contributed by atoms with Gasteiger partial charge in [0.2, 0.25) is 0 Å². The molecule has 0 unspecified atom stereocenters. The van der Waals surface area contributed by atoms with Crippen molar-refractivity contribution < 1.29 is 4.74 Å². The zero-order valence-electron chi connectivity index (χ0n) is 14.3. The SMILES string of the molecule is CCNC(=NCc1cccc(OC)c1)NCCc1csc(C)n1.I. The molecule has 0 spiro atoms. The maximum atomic E-state index is 5.24. The first-order valence-electron chi connectivity index (χ1n) is 7.77. The number of aliphatic imine (C=N–C) groups is 1. The van der Waals surface area contributed by atoms with Crippen molar-refractivity contribution in [3.63, 3.8) is 0 Å². The molecule has 0 aliphatic carbocycles. The van der Waals surface area contributed by atoms with E-state index in [4.69, 9.17) is 4.74 Å². The van der Waals surface area contributed by atoms with E-state index in [9.17, 15) is 0 Å². The molecule has 1 aromatic carbocycles. The van der Waals surface area contributed by atoms with Crippen LogP contribution >= 0.6 is 35.3 Å². The lowest BCUT2D eigenvalue weighted by Crippen LogP contribution is -2.38. The topological polar surface area (TPSA) is 58.5 Å². The van der Waals surface area contributed by atoms with E-state index in [-0.39, 0.29) is 24.0 Å². The number of aryl methyl sites for hydroxylation is 1. The highest BCUT2D eigenvalue weighted by Crippen LogP contribution is 2.13. The van der Waals surface area contributed by atoms with Crippen LogP contribution in [0.4, 0.5) is 0 Å². The summed E-state index contributed by atoms with van der Waals surface area (Å²) in [6.45, 7) is 6.35. The molecule has 2 N–H and O–H groups in total. The average molecular weight is 460 g/mol. The highest BCUT2D eigenvalue weighted by molar-refractivity contribution is 14.0. The summed E-state index contributed by atoms with van der Waals surface area (Å²) in [5, 5.41) is 9.83. The summed E-state index contributed by atoms with van der Waals surface area (Å²) >= 11 is 1.69. The van der Waals surface area contributed by atoms with E-state index in [0.29, 0.717) is 6.54 Å². The fraction of sp³-hybridized carbons (Fsp3) is 0.412. The molecule has 0 atom stereocenters. The number of thiazole rings is 1. The number of nitrogens with one attached hydrogen (secondary N) is 2. The summed E-state index contributed by atoms with van der Waals surface area (Å²) in [4.78, 5) is 9.09. The Morgan fingerprint density at radius 3 is 2.83 bits per heavy atom. The fourth-order valence-corrected chi connectivity index (χ4v) is 2.76. The van der Waals surface area contributed by atoms with E-state index in [0.717, 1.165) is 47.5 Å². The molecule has 24 heavy (non-hydrogen) atoms. The van der Waals surface area contributed by atoms with Crippen LogP contribution in [0.3, 0.4) is 0 Å². The third-order valence-electron chi connectivity index (χ3n) is 3.24. The third kappa shape index (κ3) is 7.04. The van der Waals surface area contributed by atoms with Gasteiger partial charge >= 0.3 is 0 Å². The Morgan fingerprint density at radius 1 is 1.33 bits per heavy atom. The molecule has 0 radical (unpaired) electrons. The van der Waals surface area contributed by atoms with Gasteiger partial charge in [-0.25, -0.2) is 9.98 Å². The van der Waals surface area contributed by atoms with Crippen LogP contribution in [0.1, 0.15) is 23.2 Å². The van der Waals surface area contributed by atoms with E-state index in [1.54, 1.807) is 18.4 Å². The van der Waals surface area contributed by atoms with E-state index in [1.807, 2.05) is 31.2 Å². The van der Waals surface area contributed by atoms with Crippen LogP contribution in [-0.2, 0) is 13.0 Å². The van der Waals surface area contributed by atoms with Gasteiger partial charge in [-0.1, -0.05) is 12.1 Å². The molecule has 1 aromatic heterocycles. The number of benzene rings is 1. The molecule has 5 nitrogen and oxygen atoms in total. The zero-order chi connectivity index (χ0) is 16.5. The number of hydrogen-bond donors (Lipinski definition) is 2. The average Bonchev–Trinajstić information content (AvgIpc) is 2.98. The number of guanidine groups is 1. The van der Waals surface area contributed by atoms with Crippen molar-refractivity contribution in [2.45, 2.75) is 26.8 Å². The minimum atomic E-state index is 0. The van der Waals surface area contributed by atoms with Gasteiger partial charge in [-0.05, 0) is 31.5 Å². The van der Waals surface area contributed by atoms with Gasteiger partial charge < -0.3 is 15.4 Å². The molecule has 0 bridgehead atoms. The Morgan fingerprint density at radius 2 is 2.17 bits per heavy atom. The van der Waals surface area contributed by atoms with Crippen LogP contribution in [0.25, 0.3) is 0 Å². The Bertz CT molecular complexity index is 645. The first-order valence-corrected chi connectivity index (χ1v) is 8.65. The standard InChI is InChI=1S/C17H24N4OS.HI/c1-4-18-17(19-9-8-15-12-23-13(2)21-15)20-11-14-6-5-7-16(10-14)22-3;/h5-7,10,12H,4,8-9,11H2,1-3H3,(H2,18,19,20);1H. The van der Waals surface area contributed by atoms with Crippen LogP contribution in [0.15, 0.2) is 34.6 Å². The molecule has 0 aliphatic heterocycles. The number of halogens is 1. The molecule has 0 fully saturated rings. The lowest BCUT2D eigenvalue weighted by Gasteiger charge is -2.11. The van der Waals surface area contributed by atoms with Crippen molar-refractivity contribution in [2.24, 2.45) is 4.99 Å². The molecule has 7 heteroatoms. The summed E-state index contributed by atoms with van der Waals surface area (Å²) < 4.78 is 5.24.